The van der Waals surface area contributed by atoms with Crippen LogP contribution in [0.3, 0.4) is 0 Å². The van der Waals surface area contributed by atoms with Gasteiger partial charge in [0.15, 0.2) is 23.2 Å². The summed E-state index contributed by atoms with van der Waals surface area (Å²) in [5.41, 5.74) is 6.55. The number of nitrogens with one attached hydrogen (secondary N) is 1. The number of rotatable bonds is 4. The minimum atomic E-state index is -1.21. The Kier molecular flexibility index (Phi) is 3.83. The molecule has 0 aromatic carbocycles. The monoisotopic (exact) mass is 310 g/mol. The molecule has 1 saturated heterocycles. The molecule has 1 fully saturated rings. The number of nitrogen functional groups attached to an aromatic ring is 1. The van der Waals surface area contributed by atoms with Gasteiger partial charge in [0.1, 0.15) is 18.3 Å². The van der Waals surface area contributed by atoms with Crippen LogP contribution < -0.4 is 11.1 Å². The molecule has 1 aliphatic rings. The quantitative estimate of drug-likeness (QED) is 0.452. The molecular weight excluding hydrogens is 292 g/mol. The number of hydrogen-bond acceptors (Lipinski definition) is 9. The molecule has 4 atom stereocenters. The van der Waals surface area contributed by atoms with E-state index in [1.54, 1.807) is 0 Å². The maximum absolute atomic E-state index is 10.1. The second-order valence-electron chi connectivity index (χ2n) is 5.01. The van der Waals surface area contributed by atoms with E-state index in [-0.39, 0.29) is 5.95 Å². The summed E-state index contributed by atoms with van der Waals surface area (Å²) < 4.78 is 6.95. The highest BCUT2D eigenvalue weighted by atomic mass is 16.6. The zero-order valence-electron chi connectivity index (χ0n) is 11.9. The van der Waals surface area contributed by atoms with Gasteiger partial charge in [-0.15, -0.1) is 0 Å². The fourth-order valence-electron chi connectivity index (χ4n) is 2.52. The second kappa shape index (κ2) is 5.65. The molecule has 0 bridgehead atoms. The fraction of sp³-hybridized carbons (Fsp3) is 0.583. The number of aliphatic hydroxyl groups is 3. The van der Waals surface area contributed by atoms with E-state index < -0.39 is 31.1 Å². The van der Waals surface area contributed by atoms with E-state index in [1.165, 1.54) is 10.9 Å². The van der Waals surface area contributed by atoms with Crippen molar-refractivity contribution in [1.82, 2.24) is 19.5 Å². The first-order valence-corrected chi connectivity index (χ1v) is 6.93. The van der Waals surface area contributed by atoms with Gasteiger partial charge >= 0.3 is 0 Å². The van der Waals surface area contributed by atoms with Crippen molar-refractivity contribution in [2.75, 3.05) is 24.2 Å². The van der Waals surface area contributed by atoms with Crippen LogP contribution in [0.5, 0.6) is 0 Å². The lowest BCUT2D eigenvalue weighted by Gasteiger charge is -2.16. The van der Waals surface area contributed by atoms with Crippen molar-refractivity contribution in [3.8, 4) is 0 Å². The number of aromatic nitrogens is 4. The van der Waals surface area contributed by atoms with Crippen LogP contribution in [-0.2, 0) is 4.74 Å². The first kappa shape index (κ1) is 14.9. The number of hydrogen-bond donors (Lipinski definition) is 5. The van der Waals surface area contributed by atoms with Gasteiger partial charge in [-0.05, 0) is 6.92 Å². The zero-order valence-corrected chi connectivity index (χ0v) is 11.9. The lowest BCUT2D eigenvalue weighted by Crippen LogP contribution is -2.33. The van der Waals surface area contributed by atoms with E-state index in [0.717, 1.165) is 0 Å². The summed E-state index contributed by atoms with van der Waals surface area (Å²) in [7, 11) is 0. The first-order chi connectivity index (χ1) is 10.6. The standard InChI is InChI=1S/C12H18N6O4/c1-2-14-9-6-10(17-12(13)16-9)18(4-15-6)11-8(21)7(20)5(3-19)22-11/h4-5,7-8,11,19-21H,2-3H2,1H3,(H3,13,14,16,17)/t5-,7+,8+,11-/m1/s1. The van der Waals surface area contributed by atoms with Crippen LogP contribution in [0.25, 0.3) is 11.2 Å². The third kappa shape index (κ3) is 2.25. The Morgan fingerprint density at radius 2 is 2.14 bits per heavy atom. The third-order valence-corrected chi connectivity index (χ3v) is 3.57. The SMILES string of the molecule is CCNc1nc(N)nc2c1ncn2[C@@H]1O[C@H](CO)[C@H](O)[C@@H]1O. The average molecular weight is 310 g/mol. The molecule has 3 heterocycles. The normalized spacial score (nSPS) is 28.4. The highest BCUT2D eigenvalue weighted by molar-refractivity contribution is 5.84. The Bertz CT molecular complexity index is 677. The van der Waals surface area contributed by atoms with Crippen molar-refractivity contribution in [3.05, 3.63) is 6.33 Å². The van der Waals surface area contributed by atoms with Crippen molar-refractivity contribution in [1.29, 1.82) is 0 Å². The van der Waals surface area contributed by atoms with E-state index in [9.17, 15) is 10.2 Å². The van der Waals surface area contributed by atoms with Gasteiger partial charge in [-0.1, -0.05) is 0 Å². The van der Waals surface area contributed by atoms with Crippen LogP contribution in [0.2, 0.25) is 0 Å². The molecule has 0 aliphatic carbocycles. The van der Waals surface area contributed by atoms with E-state index >= 15 is 0 Å². The number of imidazole rings is 1. The Morgan fingerprint density at radius 3 is 2.77 bits per heavy atom. The number of aliphatic hydroxyl groups excluding tert-OH is 3. The molecule has 0 spiro atoms. The van der Waals surface area contributed by atoms with Crippen LogP contribution in [0.15, 0.2) is 6.33 Å². The molecule has 2 aromatic rings. The topological polar surface area (TPSA) is 152 Å². The minimum Gasteiger partial charge on any atom is -0.394 e. The number of nitrogens with zero attached hydrogens (tertiary/aromatic N) is 4. The van der Waals surface area contributed by atoms with Gasteiger partial charge < -0.3 is 31.1 Å². The summed E-state index contributed by atoms with van der Waals surface area (Å²) in [5, 5.41) is 32.2. The molecular formula is C12H18N6O4. The molecule has 6 N–H and O–H groups in total. The summed E-state index contributed by atoms with van der Waals surface area (Å²) in [6, 6.07) is 0. The van der Waals surface area contributed by atoms with Gasteiger partial charge in [0.25, 0.3) is 0 Å². The average Bonchev–Trinajstić information content (AvgIpc) is 3.02. The van der Waals surface area contributed by atoms with Gasteiger partial charge in [-0.25, -0.2) is 4.98 Å². The van der Waals surface area contributed by atoms with Crippen molar-refractivity contribution in [2.45, 2.75) is 31.5 Å². The highest BCUT2D eigenvalue weighted by Gasteiger charge is 2.44. The summed E-state index contributed by atoms with van der Waals surface area (Å²) >= 11 is 0. The number of nitrogens with two attached hydrogens (primary N) is 1. The maximum Gasteiger partial charge on any atom is 0.224 e. The predicted molar refractivity (Wildman–Crippen MR) is 76.9 cm³/mol. The third-order valence-electron chi connectivity index (χ3n) is 3.57. The van der Waals surface area contributed by atoms with Crippen molar-refractivity contribution < 1.29 is 20.1 Å². The van der Waals surface area contributed by atoms with E-state index in [2.05, 4.69) is 20.3 Å². The molecule has 0 radical (unpaired) electrons. The number of anilines is 2. The molecule has 3 rings (SSSR count). The summed E-state index contributed by atoms with van der Waals surface area (Å²) in [6.45, 7) is 2.14. The van der Waals surface area contributed by atoms with Crippen LogP contribution in [0.1, 0.15) is 13.2 Å². The number of fused-ring (bicyclic) bond motifs is 1. The van der Waals surface area contributed by atoms with Crippen LogP contribution >= 0.6 is 0 Å². The molecule has 10 nitrogen and oxygen atoms in total. The molecule has 0 unspecified atom stereocenters. The van der Waals surface area contributed by atoms with E-state index in [4.69, 9.17) is 15.6 Å². The van der Waals surface area contributed by atoms with Gasteiger partial charge in [0.05, 0.1) is 12.9 Å². The largest absolute Gasteiger partial charge is 0.394 e. The van der Waals surface area contributed by atoms with Gasteiger partial charge in [-0.2, -0.15) is 9.97 Å². The van der Waals surface area contributed by atoms with Crippen LogP contribution in [-0.4, -0.2) is 66.3 Å². The molecule has 120 valence electrons. The minimum absolute atomic E-state index is 0.0527. The van der Waals surface area contributed by atoms with Crippen molar-refractivity contribution >= 4 is 22.9 Å². The maximum atomic E-state index is 10.1. The number of ether oxygens (including phenoxy) is 1. The van der Waals surface area contributed by atoms with Gasteiger partial charge in [-0.3, -0.25) is 4.57 Å². The van der Waals surface area contributed by atoms with Gasteiger partial charge in [0.2, 0.25) is 5.95 Å². The van der Waals surface area contributed by atoms with Crippen LogP contribution in [0.4, 0.5) is 11.8 Å². The Balaban J connectivity index is 2.05. The molecule has 0 amide bonds. The summed E-state index contributed by atoms with van der Waals surface area (Å²) in [6.07, 6.45) is -2.76. The molecule has 1 aliphatic heterocycles. The van der Waals surface area contributed by atoms with Crippen molar-refractivity contribution in [2.24, 2.45) is 0 Å². The lowest BCUT2D eigenvalue weighted by atomic mass is 10.1. The summed E-state index contributed by atoms with van der Waals surface area (Å²) in [4.78, 5) is 12.4. The molecule has 2 aromatic heterocycles. The lowest BCUT2D eigenvalue weighted by molar-refractivity contribution is -0.0511. The first-order valence-electron chi connectivity index (χ1n) is 6.93. The highest BCUT2D eigenvalue weighted by Crippen LogP contribution is 2.32. The zero-order chi connectivity index (χ0) is 15.9. The molecule has 22 heavy (non-hydrogen) atoms. The van der Waals surface area contributed by atoms with Gasteiger partial charge in [0, 0.05) is 6.54 Å². The van der Waals surface area contributed by atoms with Crippen molar-refractivity contribution in [3.63, 3.8) is 0 Å². The second-order valence-corrected chi connectivity index (χ2v) is 5.01. The van der Waals surface area contributed by atoms with Crippen LogP contribution in [0, 0.1) is 0 Å². The Hall–Kier alpha value is -2.01. The van der Waals surface area contributed by atoms with E-state index in [1.807, 2.05) is 6.92 Å². The fourth-order valence-corrected chi connectivity index (χ4v) is 2.52. The molecule has 10 heteroatoms. The smallest absolute Gasteiger partial charge is 0.224 e. The molecule has 0 saturated carbocycles. The Morgan fingerprint density at radius 1 is 1.36 bits per heavy atom. The van der Waals surface area contributed by atoms with E-state index in [0.29, 0.717) is 23.5 Å². The Labute approximate surface area is 125 Å². The summed E-state index contributed by atoms with van der Waals surface area (Å²) in [5.74, 6) is 0.535. The predicted octanol–water partition coefficient (Wildman–Crippen LogP) is -1.55.